The van der Waals surface area contributed by atoms with Crippen LogP contribution in [0, 0.1) is 0 Å². The molecule has 0 unspecified atom stereocenters. The molecular weight excluding hydrogens is 158 g/mol. The van der Waals surface area contributed by atoms with Crippen molar-refractivity contribution in [1.82, 2.24) is 4.90 Å². The average Bonchev–Trinajstić information content (AvgIpc) is 2.01. The Bertz CT molecular complexity index is 206. The predicted octanol–water partition coefficient (Wildman–Crippen LogP) is 0.892. The van der Waals surface area contributed by atoms with Gasteiger partial charge in [-0.25, -0.2) is 0 Å². The highest BCUT2D eigenvalue weighted by atomic mass is 32.2. The molecule has 0 N–H and O–H groups in total. The molecule has 0 aromatic heterocycles. The molecule has 2 nitrogen and oxygen atoms in total. The lowest BCUT2D eigenvalue weighted by atomic mass is 10.0. The van der Waals surface area contributed by atoms with Gasteiger partial charge in [-0.1, -0.05) is 0 Å². The zero-order valence-electron chi connectivity index (χ0n) is 6.38. The second kappa shape index (κ2) is 2.89. The minimum Gasteiger partial charge on any atom is -0.373 e. The highest BCUT2D eigenvalue weighted by Gasteiger charge is 2.22. The van der Waals surface area contributed by atoms with Crippen molar-refractivity contribution in [3.63, 3.8) is 0 Å². The molecule has 1 saturated heterocycles. The van der Waals surface area contributed by atoms with Crippen LogP contribution in [0.15, 0.2) is 11.8 Å². The molecule has 0 aromatic rings. The van der Waals surface area contributed by atoms with E-state index in [2.05, 4.69) is 4.90 Å². The third-order valence-corrected chi connectivity index (χ3v) is 3.04. The summed E-state index contributed by atoms with van der Waals surface area (Å²) in [5.74, 6) is 2.72. The first-order valence-corrected chi connectivity index (χ1v) is 5.08. The Morgan fingerprint density at radius 2 is 2.00 bits per heavy atom. The van der Waals surface area contributed by atoms with Gasteiger partial charge in [0.1, 0.15) is 0 Å². The van der Waals surface area contributed by atoms with Crippen LogP contribution in [-0.2, 0) is 4.79 Å². The summed E-state index contributed by atoms with van der Waals surface area (Å²) in [4.78, 5) is 13.0. The summed E-state index contributed by atoms with van der Waals surface area (Å²) < 4.78 is 0. The molecule has 0 amide bonds. The van der Waals surface area contributed by atoms with Crippen LogP contribution in [-0.4, -0.2) is 35.3 Å². The first-order valence-electron chi connectivity index (χ1n) is 3.92. The molecule has 0 atom stereocenters. The number of hydrogen-bond donors (Lipinski definition) is 0. The van der Waals surface area contributed by atoms with Crippen molar-refractivity contribution in [3.8, 4) is 0 Å². The molecule has 1 aliphatic heterocycles. The van der Waals surface area contributed by atoms with Gasteiger partial charge in [0, 0.05) is 36.4 Å². The quantitative estimate of drug-likeness (QED) is 0.581. The van der Waals surface area contributed by atoms with Crippen molar-refractivity contribution in [2.45, 2.75) is 6.42 Å². The third-order valence-electron chi connectivity index (χ3n) is 2.10. The van der Waals surface area contributed by atoms with Gasteiger partial charge in [-0.05, 0) is 0 Å². The summed E-state index contributed by atoms with van der Waals surface area (Å²) in [6.45, 7) is 2.26. The van der Waals surface area contributed by atoms with Crippen LogP contribution in [0.4, 0.5) is 0 Å². The molecule has 0 radical (unpaired) electrons. The molecule has 0 aromatic carbocycles. The van der Waals surface area contributed by atoms with E-state index in [0.717, 1.165) is 13.1 Å². The molecule has 0 spiro atoms. The van der Waals surface area contributed by atoms with Crippen LogP contribution in [0.25, 0.3) is 0 Å². The summed E-state index contributed by atoms with van der Waals surface area (Å²) in [5.41, 5.74) is 1.26. The predicted molar refractivity (Wildman–Crippen MR) is 46.6 cm³/mol. The molecule has 1 fully saturated rings. The Kier molecular flexibility index (Phi) is 1.90. The largest absolute Gasteiger partial charge is 0.373 e. The normalized spacial score (nSPS) is 24.5. The molecule has 2 aliphatic rings. The van der Waals surface area contributed by atoms with E-state index < -0.39 is 0 Å². The fourth-order valence-corrected chi connectivity index (χ4v) is 2.29. The number of ketones is 1. The van der Waals surface area contributed by atoms with Gasteiger partial charge in [0.15, 0.2) is 5.78 Å². The zero-order chi connectivity index (χ0) is 7.68. The van der Waals surface area contributed by atoms with E-state index in [1.807, 2.05) is 11.8 Å². The van der Waals surface area contributed by atoms with Crippen LogP contribution >= 0.6 is 11.8 Å². The molecule has 3 heteroatoms. The Labute approximate surface area is 70.6 Å². The van der Waals surface area contributed by atoms with Crippen molar-refractivity contribution in [2.75, 3.05) is 24.6 Å². The standard InChI is InChI=1S/C8H11NOS/c10-8-5-7(6-8)9-1-3-11-4-2-9/h5H,1-4,6H2. The fourth-order valence-electron chi connectivity index (χ4n) is 1.39. The summed E-state index contributed by atoms with van der Waals surface area (Å²) in [5, 5.41) is 0. The molecule has 0 bridgehead atoms. The van der Waals surface area contributed by atoms with Crippen molar-refractivity contribution in [3.05, 3.63) is 11.8 Å². The SMILES string of the molecule is O=C1C=C(N2CCSCC2)C1. The van der Waals surface area contributed by atoms with E-state index in [9.17, 15) is 4.79 Å². The summed E-state index contributed by atoms with van der Waals surface area (Å²) >= 11 is 2.00. The molecule has 11 heavy (non-hydrogen) atoms. The average molecular weight is 169 g/mol. The van der Waals surface area contributed by atoms with Crippen molar-refractivity contribution < 1.29 is 4.79 Å². The first kappa shape index (κ1) is 7.22. The van der Waals surface area contributed by atoms with E-state index in [4.69, 9.17) is 0 Å². The lowest BCUT2D eigenvalue weighted by Crippen LogP contribution is -2.35. The number of carbonyl (C=O) groups is 1. The summed E-state index contributed by atoms with van der Waals surface area (Å²) in [7, 11) is 0. The number of carbonyl (C=O) groups excluding carboxylic acids is 1. The number of nitrogens with zero attached hydrogens (tertiary/aromatic N) is 1. The summed E-state index contributed by atoms with van der Waals surface area (Å²) in [6, 6.07) is 0. The monoisotopic (exact) mass is 169 g/mol. The molecule has 60 valence electrons. The Hall–Kier alpha value is -0.440. The van der Waals surface area contributed by atoms with E-state index >= 15 is 0 Å². The topological polar surface area (TPSA) is 20.3 Å². The van der Waals surface area contributed by atoms with Gasteiger partial charge in [0.2, 0.25) is 0 Å². The van der Waals surface area contributed by atoms with Crippen LogP contribution in [0.5, 0.6) is 0 Å². The van der Waals surface area contributed by atoms with Gasteiger partial charge >= 0.3 is 0 Å². The fraction of sp³-hybridized carbons (Fsp3) is 0.625. The Balaban J connectivity index is 1.94. The van der Waals surface area contributed by atoms with Crippen LogP contribution in [0.3, 0.4) is 0 Å². The first-order chi connectivity index (χ1) is 5.36. The van der Waals surface area contributed by atoms with E-state index in [1.54, 1.807) is 6.08 Å². The number of rotatable bonds is 1. The zero-order valence-corrected chi connectivity index (χ0v) is 7.19. The highest BCUT2D eigenvalue weighted by Crippen LogP contribution is 2.22. The van der Waals surface area contributed by atoms with Gasteiger partial charge in [-0.3, -0.25) is 4.79 Å². The third kappa shape index (κ3) is 1.43. The van der Waals surface area contributed by atoms with Crippen molar-refractivity contribution >= 4 is 17.5 Å². The van der Waals surface area contributed by atoms with Crippen LogP contribution in [0.2, 0.25) is 0 Å². The van der Waals surface area contributed by atoms with Crippen LogP contribution in [0.1, 0.15) is 6.42 Å². The van der Waals surface area contributed by atoms with E-state index in [-0.39, 0.29) is 0 Å². The lowest BCUT2D eigenvalue weighted by molar-refractivity contribution is -0.116. The summed E-state index contributed by atoms with van der Waals surface area (Å²) in [6.07, 6.45) is 2.46. The van der Waals surface area contributed by atoms with Crippen molar-refractivity contribution in [2.24, 2.45) is 0 Å². The maximum absolute atomic E-state index is 10.6. The lowest BCUT2D eigenvalue weighted by Gasteiger charge is -2.33. The highest BCUT2D eigenvalue weighted by molar-refractivity contribution is 7.99. The van der Waals surface area contributed by atoms with Crippen molar-refractivity contribution in [1.29, 1.82) is 0 Å². The van der Waals surface area contributed by atoms with Gasteiger partial charge in [0.25, 0.3) is 0 Å². The van der Waals surface area contributed by atoms with Gasteiger partial charge in [-0.15, -0.1) is 0 Å². The second-order valence-electron chi connectivity index (χ2n) is 2.88. The van der Waals surface area contributed by atoms with E-state index in [0.29, 0.717) is 12.2 Å². The molecule has 1 heterocycles. The minimum atomic E-state index is 0.290. The number of allylic oxidation sites excluding steroid dienone is 2. The molecule has 2 rings (SSSR count). The Morgan fingerprint density at radius 3 is 2.55 bits per heavy atom. The van der Waals surface area contributed by atoms with Gasteiger partial charge in [-0.2, -0.15) is 11.8 Å². The molecule has 1 aliphatic carbocycles. The maximum atomic E-state index is 10.6. The Morgan fingerprint density at radius 1 is 1.36 bits per heavy atom. The molecule has 0 saturated carbocycles. The van der Waals surface area contributed by atoms with Gasteiger partial charge < -0.3 is 4.90 Å². The second-order valence-corrected chi connectivity index (χ2v) is 4.10. The van der Waals surface area contributed by atoms with E-state index in [1.165, 1.54) is 17.2 Å². The smallest absolute Gasteiger partial charge is 0.163 e. The molecular formula is C8H11NOS. The maximum Gasteiger partial charge on any atom is 0.163 e. The van der Waals surface area contributed by atoms with Gasteiger partial charge in [0.05, 0.1) is 6.42 Å². The number of thioether (sulfide) groups is 1. The van der Waals surface area contributed by atoms with Crippen LogP contribution < -0.4 is 0 Å². The minimum absolute atomic E-state index is 0.290. The number of hydrogen-bond acceptors (Lipinski definition) is 3.